The largest absolute Gasteiger partial charge is 0.508 e. The van der Waals surface area contributed by atoms with Gasteiger partial charge < -0.3 is 10.4 Å². The van der Waals surface area contributed by atoms with Crippen LogP contribution in [0, 0.1) is 5.92 Å². The highest BCUT2D eigenvalue weighted by atomic mass is 19.4. The SMILES string of the molecule is O=C(Nc1cccc(O)c1)C(C(F)(F)F)C(F)(F)F. The molecule has 0 bridgehead atoms. The Morgan fingerprint density at radius 1 is 1.11 bits per heavy atom. The number of benzene rings is 1. The maximum absolute atomic E-state index is 12.2. The summed E-state index contributed by atoms with van der Waals surface area (Å²) in [4.78, 5) is 11.1. The predicted molar refractivity (Wildman–Crippen MR) is 52.3 cm³/mol. The molecule has 0 fully saturated rings. The molecule has 2 N–H and O–H groups in total. The van der Waals surface area contributed by atoms with Crippen molar-refractivity contribution in [1.82, 2.24) is 0 Å². The van der Waals surface area contributed by atoms with Gasteiger partial charge in [0.1, 0.15) is 5.75 Å². The van der Waals surface area contributed by atoms with Gasteiger partial charge in [-0.15, -0.1) is 0 Å². The van der Waals surface area contributed by atoms with E-state index >= 15 is 0 Å². The van der Waals surface area contributed by atoms with Crippen LogP contribution in [0.15, 0.2) is 24.3 Å². The van der Waals surface area contributed by atoms with Gasteiger partial charge in [0.25, 0.3) is 0 Å². The van der Waals surface area contributed by atoms with Crippen LogP contribution >= 0.6 is 0 Å². The third-order valence-electron chi connectivity index (χ3n) is 2.03. The molecule has 0 saturated heterocycles. The third kappa shape index (κ3) is 4.04. The molecule has 0 atom stereocenters. The molecule has 0 spiro atoms. The summed E-state index contributed by atoms with van der Waals surface area (Å²) in [5.41, 5.74) is -0.372. The zero-order chi connectivity index (χ0) is 14.8. The first-order chi connectivity index (χ1) is 8.51. The molecule has 0 aliphatic rings. The molecule has 3 nitrogen and oxygen atoms in total. The van der Waals surface area contributed by atoms with E-state index in [1.54, 1.807) is 0 Å². The molecule has 0 radical (unpaired) electrons. The number of alkyl halides is 6. The van der Waals surface area contributed by atoms with Crippen LogP contribution in [-0.2, 0) is 4.79 Å². The van der Waals surface area contributed by atoms with E-state index < -0.39 is 29.9 Å². The number of hydrogen-bond acceptors (Lipinski definition) is 2. The number of nitrogens with one attached hydrogen (secondary N) is 1. The van der Waals surface area contributed by atoms with Gasteiger partial charge in [0.2, 0.25) is 11.8 Å². The molecule has 1 aromatic carbocycles. The Kier molecular flexibility index (Phi) is 3.97. The van der Waals surface area contributed by atoms with E-state index in [2.05, 4.69) is 0 Å². The summed E-state index contributed by atoms with van der Waals surface area (Å²) in [5.74, 6) is -6.79. The first-order valence-electron chi connectivity index (χ1n) is 4.75. The average molecular weight is 287 g/mol. The van der Waals surface area contributed by atoms with E-state index in [4.69, 9.17) is 5.11 Å². The number of phenolic OH excluding ortho intramolecular Hbond substituents is 1. The molecule has 0 saturated carbocycles. The molecule has 1 aromatic rings. The van der Waals surface area contributed by atoms with Crippen LogP contribution in [0.4, 0.5) is 32.0 Å². The summed E-state index contributed by atoms with van der Waals surface area (Å²) in [5, 5.41) is 10.4. The number of carbonyl (C=O) groups excluding carboxylic acids is 1. The highest BCUT2D eigenvalue weighted by molar-refractivity contribution is 5.93. The third-order valence-corrected chi connectivity index (χ3v) is 2.03. The number of anilines is 1. The Hall–Kier alpha value is -1.93. The molecular formula is C10H7F6NO2. The van der Waals surface area contributed by atoms with Crippen molar-refractivity contribution in [3.05, 3.63) is 24.3 Å². The van der Waals surface area contributed by atoms with Gasteiger partial charge in [-0.05, 0) is 12.1 Å². The smallest absolute Gasteiger partial charge is 0.409 e. The minimum atomic E-state index is -5.75. The van der Waals surface area contributed by atoms with Crippen molar-refractivity contribution in [1.29, 1.82) is 0 Å². The average Bonchev–Trinajstić information content (AvgIpc) is 2.11. The fraction of sp³-hybridized carbons (Fsp3) is 0.300. The van der Waals surface area contributed by atoms with Crippen LogP contribution in [0.2, 0.25) is 0 Å². The van der Waals surface area contributed by atoms with Gasteiger partial charge >= 0.3 is 12.4 Å². The first-order valence-corrected chi connectivity index (χ1v) is 4.75. The molecule has 0 aromatic heterocycles. The van der Waals surface area contributed by atoms with Gasteiger partial charge in [-0.3, -0.25) is 4.79 Å². The van der Waals surface area contributed by atoms with E-state index in [9.17, 15) is 31.1 Å². The topological polar surface area (TPSA) is 49.3 Å². The van der Waals surface area contributed by atoms with Gasteiger partial charge in [-0.1, -0.05) is 6.07 Å². The lowest BCUT2D eigenvalue weighted by Gasteiger charge is -2.22. The molecular weight excluding hydrogens is 280 g/mol. The van der Waals surface area contributed by atoms with Crippen molar-refractivity contribution in [2.24, 2.45) is 5.92 Å². The highest BCUT2D eigenvalue weighted by Crippen LogP contribution is 2.39. The molecule has 1 amide bonds. The van der Waals surface area contributed by atoms with Crippen molar-refractivity contribution in [2.45, 2.75) is 12.4 Å². The summed E-state index contributed by atoms with van der Waals surface area (Å²) in [6, 6.07) is 4.16. The van der Waals surface area contributed by atoms with Crippen molar-refractivity contribution >= 4 is 11.6 Å². The summed E-state index contributed by atoms with van der Waals surface area (Å²) < 4.78 is 73.3. The summed E-state index contributed by atoms with van der Waals surface area (Å²) in [7, 11) is 0. The number of rotatable bonds is 2. The number of carbonyl (C=O) groups is 1. The maximum atomic E-state index is 12.2. The fourth-order valence-electron chi connectivity index (χ4n) is 1.28. The van der Waals surface area contributed by atoms with Crippen molar-refractivity contribution in [2.75, 3.05) is 5.32 Å². The molecule has 0 unspecified atom stereocenters. The van der Waals surface area contributed by atoms with Crippen LogP contribution in [0.3, 0.4) is 0 Å². The van der Waals surface area contributed by atoms with E-state index in [0.717, 1.165) is 24.3 Å². The second-order valence-electron chi connectivity index (χ2n) is 3.56. The maximum Gasteiger partial charge on any atom is 0.409 e. The molecule has 106 valence electrons. The fourth-order valence-corrected chi connectivity index (χ4v) is 1.28. The Morgan fingerprint density at radius 3 is 2.05 bits per heavy atom. The van der Waals surface area contributed by atoms with Gasteiger partial charge in [0.15, 0.2) is 0 Å². The number of halogens is 6. The normalized spacial score (nSPS) is 12.6. The van der Waals surface area contributed by atoms with Crippen LogP contribution in [0.25, 0.3) is 0 Å². The highest BCUT2D eigenvalue weighted by Gasteiger charge is 2.61. The van der Waals surface area contributed by atoms with E-state index in [0.29, 0.717) is 0 Å². The Bertz CT molecular complexity index is 454. The molecule has 0 aliphatic carbocycles. The minimum Gasteiger partial charge on any atom is -0.508 e. The molecule has 9 heteroatoms. The number of phenols is 1. The second-order valence-corrected chi connectivity index (χ2v) is 3.56. The van der Waals surface area contributed by atoms with Crippen molar-refractivity contribution in [3.63, 3.8) is 0 Å². The van der Waals surface area contributed by atoms with E-state index in [1.165, 1.54) is 5.32 Å². The molecule has 0 heterocycles. The lowest BCUT2D eigenvalue weighted by atomic mass is 10.1. The zero-order valence-electron chi connectivity index (χ0n) is 9.01. The number of aromatic hydroxyl groups is 1. The lowest BCUT2D eigenvalue weighted by Crippen LogP contribution is -2.45. The zero-order valence-corrected chi connectivity index (χ0v) is 9.01. The Morgan fingerprint density at radius 2 is 1.63 bits per heavy atom. The summed E-state index contributed by atoms with van der Waals surface area (Å²) in [6.45, 7) is 0. The van der Waals surface area contributed by atoms with Crippen LogP contribution in [0.1, 0.15) is 0 Å². The summed E-state index contributed by atoms with van der Waals surface area (Å²) >= 11 is 0. The quantitative estimate of drug-likeness (QED) is 0.821. The van der Waals surface area contributed by atoms with Crippen LogP contribution in [-0.4, -0.2) is 23.4 Å². The van der Waals surface area contributed by atoms with E-state index in [1.807, 2.05) is 0 Å². The van der Waals surface area contributed by atoms with Crippen LogP contribution < -0.4 is 5.32 Å². The standard InChI is InChI=1S/C10H7F6NO2/c11-9(12,13)7(10(14,15)16)8(19)17-5-2-1-3-6(18)4-5/h1-4,7,18H,(H,17,19). The first kappa shape index (κ1) is 15.1. The Labute approximate surface area is 102 Å². The van der Waals surface area contributed by atoms with E-state index in [-0.39, 0.29) is 5.69 Å². The van der Waals surface area contributed by atoms with Crippen molar-refractivity contribution < 1.29 is 36.2 Å². The molecule has 19 heavy (non-hydrogen) atoms. The van der Waals surface area contributed by atoms with Gasteiger partial charge in [-0.25, -0.2) is 0 Å². The number of hydrogen-bond donors (Lipinski definition) is 2. The van der Waals surface area contributed by atoms with Crippen molar-refractivity contribution in [3.8, 4) is 5.75 Å². The monoisotopic (exact) mass is 287 g/mol. The summed E-state index contributed by atoms with van der Waals surface area (Å²) in [6.07, 6.45) is -11.5. The Balaban J connectivity index is 2.97. The minimum absolute atomic E-state index is 0.372. The van der Waals surface area contributed by atoms with Gasteiger partial charge in [-0.2, -0.15) is 26.3 Å². The lowest BCUT2D eigenvalue weighted by molar-refractivity contribution is -0.272. The molecule has 1 rings (SSSR count). The van der Waals surface area contributed by atoms with Gasteiger partial charge in [0, 0.05) is 11.8 Å². The van der Waals surface area contributed by atoms with Gasteiger partial charge in [0.05, 0.1) is 0 Å². The second kappa shape index (κ2) is 4.98. The predicted octanol–water partition coefficient (Wildman–Crippen LogP) is 3.07. The molecule has 0 aliphatic heterocycles. The number of amides is 1. The van der Waals surface area contributed by atoms with Crippen LogP contribution in [0.5, 0.6) is 5.75 Å².